The number of nitrogens with one attached hydrogen (secondary N) is 2. The van der Waals surface area contributed by atoms with Crippen molar-refractivity contribution in [1.82, 2.24) is 15.5 Å². The van der Waals surface area contributed by atoms with Crippen molar-refractivity contribution in [1.29, 1.82) is 0 Å². The highest BCUT2D eigenvalue weighted by molar-refractivity contribution is 5.95. The van der Waals surface area contributed by atoms with Crippen molar-refractivity contribution < 1.29 is 9.59 Å². The Morgan fingerprint density at radius 3 is 2.47 bits per heavy atom. The molecular formula is C25H33N3O2. The summed E-state index contributed by atoms with van der Waals surface area (Å²) in [6, 6.07) is 16.6. The number of hydrogen-bond acceptors (Lipinski definition) is 3. The molecule has 2 N–H and O–H groups in total. The summed E-state index contributed by atoms with van der Waals surface area (Å²) in [7, 11) is 0. The van der Waals surface area contributed by atoms with Gasteiger partial charge in [-0.2, -0.15) is 0 Å². The number of carbonyl (C=O) groups excluding carboxylic acids is 2. The predicted octanol–water partition coefficient (Wildman–Crippen LogP) is 3.81. The van der Waals surface area contributed by atoms with Gasteiger partial charge in [0.15, 0.2) is 0 Å². The summed E-state index contributed by atoms with van der Waals surface area (Å²) in [6.45, 7) is 7.22. The van der Waals surface area contributed by atoms with Crippen LogP contribution in [0.5, 0.6) is 0 Å². The predicted molar refractivity (Wildman–Crippen MR) is 120 cm³/mol. The summed E-state index contributed by atoms with van der Waals surface area (Å²) in [5.41, 5.74) is 3.98. The molecule has 1 atom stereocenters. The number of hydrogen-bond donors (Lipinski definition) is 2. The molecule has 1 saturated heterocycles. The van der Waals surface area contributed by atoms with Gasteiger partial charge in [0.2, 0.25) is 5.91 Å². The maximum Gasteiger partial charge on any atom is 0.251 e. The molecule has 1 aliphatic heterocycles. The summed E-state index contributed by atoms with van der Waals surface area (Å²) in [6.07, 6.45) is 4.18. The molecule has 0 saturated carbocycles. The fraction of sp³-hybridized carbons (Fsp3) is 0.440. The van der Waals surface area contributed by atoms with Crippen LogP contribution in [0.3, 0.4) is 0 Å². The number of aryl methyl sites for hydroxylation is 1. The van der Waals surface area contributed by atoms with Gasteiger partial charge in [-0.05, 0) is 56.0 Å². The van der Waals surface area contributed by atoms with E-state index in [1.54, 1.807) is 6.07 Å². The summed E-state index contributed by atoms with van der Waals surface area (Å²) in [4.78, 5) is 26.8. The highest BCUT2D eigenvalue weighted by Crippen LogP contribution is 2.19. The molecule has 5 heteroatoms. The number of carbonyl (C=O) groups is 2. The Labute approximate surface area is 179 Å². The van der Waals surface area contributed by atoms with Crippen molar-refractivity contribution in [2.75, 3.05) is 13.1 Å². The van der Waals surface area contributed by atoms with E-state index in [0.29, 0.717) is 24.7 Å². The Kier molecular flexibility index (Phi) is 8.03. The summed E-state index contributed by atoms with van der Waals surface area (Å²) >= 11 is 0. The van der Waals surface area contributed by atoms with Crippen molar-refractivity contribution in [3.63, 3.8) is 0 Å². The highest BCUT2D eigenvalue weighted by Gasteiger charge is 2.18. The molecule has 0 radical (unpaired) electrons. The zero-order chi connectivity index (χ0) is 21.3. The molecule has 0 spiro atoms. The van der Waals surface area contributed by atoms with Gasteiger partial charge in [0.05, 0.1) is 0 Å². The van der Waals surface area contributed by atoms with Gasteiger partial charge < -0.3 is 10.6 Å². The molecule has 2 aromatic rings. The Morgan fingerprint density at radius 2 is 1.73 bits per heavy atom. The molecule has 30 heavy (non-hydrogen) atoms. The van der Waals surface area contributed by atoms with Crippen molar-refractivity contribution in [3.05, 3.63) is 70.8 Å². The number of nitrogens with zero attached hydrogens (tertiary/aromatic N) is 1. The molecule has 3 rings (SSSR count). The number of benzene rings is 2. The zero-order valence-corrected chi connectivity index (χ0v) is 18.1. The van der Waals surface area contributed by atoms with Crippen LogP contribution in [0.2, 0.25) is 0 Å². The van der Waals surface area contributed by atoms with E-state index in [4.69, 9.17) is 0 Å². The Morgan fingerprint density at radius 1 is 1.00 bits per heavy atom. The Hall–Kier alpha value is -2.66. The maximum absolute atomic E-state index is 12.2. The molecule has 2 aromatic carbocycles. The highest BCUT2D eigenvalue weighted by atomic mass is 16.2. The minimum Gasteiger partial charge on any atom is -0.352 e. The lowest BCUT2D eigenvalue weighted by Crippen LogP contribution is -2.36. The molecule has 1 fully saturated rings. The van der Waals surface area contributed by atoms with Gasteiger partial charge in [0.1, 0.15) is 0 Å². The van der Waals surface area contributed by atoms with Gasteiger partial charge in [-0.3, -0.25) is 14.5 Å². The number of rotatable bonds is 8. The first kappa shape index (κ1) is 22.0. The number of piperidine rings is 1. The van der Waals surface area contributed by atoms with Crippen LogP contribution >= 0.6 is 0 Å². The topological polar surface area (TPSA) is 61.4 Å². The fourth-order valence-electron chi connectivity index (χ4n) is 3.89. The van der Waals surface area contributed by atoms with Crippen LogP contribution in [0, 0.1) is 6.92 Å². The molecule has 2 amide bonds. The van der Waals surface area contributed by atoms with Crippen LogP contribution in [0.4, 0.5) is 0 Å². The third kappa shape index (κ3) is 6.42. The van der Waals surface area contributed by atoms with Gasteiger partial charge in [-0.25, -0.2) is 0 Å². The molecule has 1 heterocycles. The standard InChI is InChI=1S/C25H33N3O2/c1-19-7-3-4-9-23(19)25(30)26-15-14-24(29)27-17-21-10-12-22(13-11-21)18-28-16-6-5-8-20(28)2/h3-4,7,9-13,20H,5-6,8,14-18H2,1-2H3,(H,26,30)(H,27,29). The van der Waals surface area contributed by atoms with E-state index >= 15 is 0 Å². The molecule has 5 nitrogen and oxygen atoms in total. The lowest BCUT2D eigenvalue weighted by molar-refractivity contribution is -0.121. The minimum atomic E-state index is -0.139. The average molecular weight is 408 g/mol. The average Bonchev–Trinajstić information content (AvgIpc) is 2.75. The normalized spacial score (nSPS) is 16.8. The van der Waals surface area contributed by atoms with E-state index in [9.17, 15) is 9.59 Å². The van der Waals surface area contributed by atoms with Crippen LogP contribution in [-0.4, -0.2) is 35.8 Å². The molecule has 1 aliphatic rings. The Bertz CT molecular complexity index is 848. The SMILES string of the molecule is Cc1ccccc1C(=O)NCCC(=O)NCc1ccc(CN2CCCCC2C)cc1. The van der Waals surface area contributed by atoms with Crippen molar-refractivity contribution >= 4 is 11.8 Å². The van der Waals surface area contributed by atoms with Crippen LogP contribution in [0.25, 0.3) is 0 Å². The minimum absolute atomic E-state index is 0.0636. The number of amides is 2. The monoisotopic (exact) mass is 407 g/mol. The lowest BCUT2D eigenvalue weighted by Gasteiger charge is -2.33. The van der Waals surface area contributed by atoms with E-state index in [1.165, 1.54) is 31.4 Å². The maximum atomic E-state index is 12.2. The first-order chi connectivity index (χ1) is 14.5. The quantitative estimate of drug-likeness (QED) is 0.700. The van der Waals surface area contributed by atoms with Crippen LogP contribution in [0.15, 0.2) is 48.5 Å². The Balaban J connectivity index is 1.37. The van der Waals surface area contributed by atoms with Crippen LogP contribution in [0.1, 0.15) is 59.7 Å². The van der Waals surface area contributed by atoms with Gasteiger partial charge in [-0.15, -0.1) is 0 Å². The molecule has 0 aromatic heterocycles. The van der Waals surface area contributed by atoms with Crippen LogP contribution in [-0.2, 0) is 17.9 Å². The van der Waals surface area contributed by atoms with Crippen molar-refractivity contribution in [2.24, 2.45) is 0 Å². The molecule has 0 aliphatic carbocycles. The van der Waals surface area contributed by atoms with E-state index in [2.05, 4.69) is 46.7 Å². The zero-order valence-electron chi connectivity index (χ0n) is 18.1. The second kappa shape index (κ2) is 10.9. The molecule has 160 valence electrons. The van der Waals surface area contributed by atoms with Gasteiger partial charge in [0, 0.05) is 37.7 Å². The van der Waals surface area contributed by atoms with Crippen LogP contribution < -0.4 is 10.6 Å². The second-order valence-corrected chi connectivity index (χ2v) is 8.23. The molecule has 0 bridgehead atoms. The molecular weight excluding hydrogens is 374 g/mol. The first-order valence-electron chi connectivity index (χ1n) is 11.0. The van der Waals surface area contributed by atoms with Crippen molar-refractivity contribution in [2.45, 2.75) is 58.7 Å². The number of likely N-dealkylation sites (tertiary alicyclic amines) is 1. The first-order valence-corrected chi connectivity index (χ1v) is 11.0. The second-order valence-electron chi connectivity index (χ2n) is 8.23. The smallest absolute Gasteiger partial charge is 0.251 e. The fourth-order valence-corrected chi connectivity index (χ4v) is 3.89. The van der Waals surface area contributed by atoms with E-state index in [1.807, 2.05) is 25.1 Å². The van der Waals surface area contributed by atoms with Gasteiger partial charge in [-0.1, -0.05) is 48.9 Å². The van der Waals surface area contributed by atoms with Crippen molar-refractivity contribution in [3.8, 4) is 0 Å². The van der Waals surface area contributed by atoms with E-state index in [0.717, 1.165) is 17.7 Å². The summed E-state index contributed by atoms with van der Waals surface area (Å²) < 4.78 is 0. The van der Waals surface area contributed by atoms with Gasteiger partial charge >= 0.3 is 0 Å². The summed E-state index contributed by atoms with van der Waals surface area (Å²) in [5.74, 6) is -0.203. The lowest BCUT2D eigenvalue weighted by atomic mass is 10.0. The summed E-state index contributed by atoms with van der Waals surface area (Å²) in [5, 5.41) is 5.75. The van der Waals surface area contributed by atoms with Gasteiger partial charge in [0.25, 0.3) is 5.91 Å². The van der Waals surface area contributed by atoms with E-state index in [-0.39, 0.29) is 18.2 Å². The third-order valence-electron chi connectivity index (χ3n) is 5.87. The molecule has 1 unspecified atom stereocenters. The van der Waals surface area contributed by atoms with E-state index < -0.39 is 0 Å². The third-order valence-corrected chi connectivity index (χ3v) is 5.87. The largest absolute Gasteiger partial charge is 0.352 e.